The number of benzene rings is 2. The van der Waals surface area contributed by atoms with Gasteiger partial charge < -0.3 is 30.3 Å². The van der Waals surface area contributed by atoms with Gasteiger partial charge in [-0.3, -0.25) is 4.79 Å². The van der Waals surface area contributed by atoms with Crippen molar-refractivity contribution in [2.45, 2.75) is 27.2 Å². The van der Waals surface area contributed by atoms with Crippen molar-refractivity contribution >= 4 is 11.8 Å². The molecule has 0 atom stereocenters. The van der Waals surface area contributed by atoms with Crippen LogP contribution in [0.25, 0.3) is 0 Å². The zero-order valence-electron chi connectivity index (χ0n) is 15.0. The second-order valence-electron chi connectivity index (χ2n) is 6.66. The van der Waals surface area contributed by atoms with Crippen LogP contribution in [0.15, 0.2) is 24.3 Å². The number of hydrogen-bond donors (Lipinski definition) is 5. The van der Waals surface area contributed by atoms with Crippen LogP contribution in [-0.4, -0.2) is 37.3 Å². The molecule has 8 nitrogen and oxygen atoms in total. The Balaban J connectivity index is 2.41. The Kier molecular flexibility index (Phi) is 5.21. The molecule has 0 aliphatic rings. The highest BCUT2D eigenvalue weighted by Crippen LogP contribution is 2.40. The van der Waals surface area contributed by atoms with Crippen molar-refractivity contribution in [2.75, 3.05) is 0 Å². The third kappa shape index (κ3) is 3.89. The number of hydrogen-bond acceptors (Lipinski definition) is 8. The number of phenols is 5. The fourth-order valence-corrected chi connectivity index (χ4v) is 2.23. The maximum atomic E-state index is 12.6. The van der Waals surface area contributed by atoms with Crippen molar-refractivity contribution < 1.29 is 39.9 Å². The molecule has 8 heteroatoms. The first kappa shape index (κ1) is 19.9. The number of phenolic OH excluding ortho intramolecular Hbond substituents is 5. The number of ether oxygens (including phenoxy) is 1. The van der Waals surface area contributed by atoms with Gasteiger partial charge in [0, 0.05) is 11.0 Å². The van der Waals surface area contributed by atoms with E-state index in [2.05, 4.69) is 0 Å². The molecule has 0 bridgehead atoms. The van der Waals surface area contributed by atoms with Crippen LogP contribution in [0, 0.1) is 5.41 Å². The van der Waals surface area contributed by atoms with Crippen LogP contribution in [0.5, 0.6) is 34.5 Å². The Morgan fingerprint density at radius 1 is 0.852 bits per heavy atom. The Morgan fingerprint density at radius 2 is 1.33 bits per heavy atom. The molecule has 0 amide bonds. The Labute approximate surface area is 154 Å². The van der Waals surface area contributed by atoms with Crippen LogP contribution in [0.3, 0.4) is 0 Å². The van der Waals surface area contributed by atoms with E-state index in [9.17, 15) is 35.1 Å². The predicted octanol–water partition coefficient (Wildman–Crippen LogP) is 3.05. The number of carbonyl (C=O) groups excluding carboxylic acids is 2. The minimum Gasteiger partial charge on any atom is -0.504 e. The van der Waals surface area contributed by atoms with Gasteiger partial charge in [0.1, 0.15) is 0 Å². The molecule has 0 radical (unpaired) electrons. The van der Waals surface area contributed by atoms with Crippen LogP contribution in [0.1, 0.15) is 47.9 Å². The minimum atomic E-state index is -1.10. The molecule has 0 aromatic heterocycles. The van der Waals surface area contributed by atoms with E-state index in [0.717, 1.165) is 24.3 Å². The van der Waals surface area contributed by atoms with Gasteiger partial charge in [0.25, 0.3) is 0 Å². The zero-order chi connectivity index (χ0) is 20.5. The third-order valence-electron chi connectivity index (χ3n) is 4.32. The average molecular weight is 376 g/mol. The van der Waals surface area contributed by atoms with Gasteiger partial charge in [-0.05, 0) is 30.7 Å². The highest BCUT2D eigenvalue weighted by molar-refractivity contribution is 6.01. The topological polar surface area (TPSA) is 145 Å². The first-order chi connectivity index (χ1) is 12.5. The molecular formula is C19H20O8. The monoisotopic (exact) mass is 376 g/mol. The van der Waals surface area contributed by atoms with Gasteiger partial charge in [0.2, 0.25) is 5.75 Å². The predicted molar refractivity (Wildman–Crippen MR) is 94.6 cm³/mol. The molecule has 0 saturated heterocycles. The smallest absolute Gasteiger partial charge is 0.343 e. The molecule has 0 heterocycles. The van der Waals surface area contributed by atoms with Crippen LogP contribution in [0.4, 0.5) is 0 Å². The lowest BCUT2D eigenvalue weighted by molar-refractivity contribution is 0.0725. The van der Waals surface area contributed by atoms with Crippen molar-refractivity contribution in [2.24, 2.45) is 5.41 Å². The normalized spacial score (nSPS) is 11.2. The summed E-state index contributed by atoms with van der Waals surface area (Å²) in [4.78, 5) is 24.8. The van der Waals surface area contributed by atoms with E-state index in [1.807, 2.05) is 6.92 Å². The highest BCUT2D eigenvalue weighted by atomic mass is 16.5. The van der Waals surface area contributed by atoms with Gasteiger partial charge in [-0.1, -0.05) is 20.8 Å². The van der Waals surface area contributed by atoms with Gasteiger partial charge in [-0.15, -0.1) is 0 Å². The van der Waals surface area contributed by atoms with Crippen molar-refractivity contribution in [3.8, 4) is 34.5 Å². The van der Waals surface area contributed by atoms with Crippen molar-refractivity contribution in [3.63, 3.8) is 0 Å². The fraction of sp³-hybridized carbons (Fsp3) is 0.263. The number of aromatic hydroxyl groups is 5. The van der Waals surface area contributed by atoms with Crippen LogP contribution >= 0.6 is 0 Å². The molecule has 0 fully saturated rings. The highest BCUT2D eigenvalue weighted by Gasteiger charge is 2.29. The quantitative estimate of drug-likeness (QED) is 0.232. The van der Waals surface area contributed by atoms with Gasteiger partial charge in [-0.2, -0.15) is 0 Å². The van der Waals surface area contributed by atoms with Gasteiger partial charge in [0.15, 0.2) is 34.5 Å². The number of ketones is 1. The van der Waals surface area contributed by atoms with E-state index in [1.54, 1.807) is 13.8 Å². The molecule has 0 aliphatic carbocycles. The Morgan fingerprint density at radius 3 is 1.85 bits per heavy atom. The molecule has 27 heavy (non-hydrogen) atoms. The lowest BCUT2D eigenvalue weighted by atomic mass is 9.82. The van der Waals surface area contributed by atoms with Crippen molar-refractivity contribution in [1.29, 1.82) is 0 Å². The summed E-state index contributed by atoms with van der Waals surface area (Å²) in [5.41, 5.74) is -1.03. The maximum absolute atomic E-state index is 12.6. The first-order valence-corrected chi connectivity index (χ1v) is 8.05. The summed E-state index contributed by atoms with van der Waals surface area (Å²) < 4.78 is 4.99. The third-order valence-corrected chi connectivity index (χ3v) is 4.32. The average Bonchev–Trinajstić information content (AvgIpc) is 2.61. The molecule has 2 aromatic rings. The van der Waals surface area contributed by atoms with Gasteiger partial charge in [-0.25, -0.2) is 4.79 Å². The van der Waals surface area contributed by atoms with Crippen molar-refractivity contribution in [3.05, 3.63) is 35.4 Å². The molecular weight excluding hydrogens is 356 g/mol. The van der Waals surface area contributed by atoms with E-state index < -0.39 is 45.9 Å². The van der Waals surface area contributed by atoms with E-state index in [-0.39, 0.29) is 16.9 Å². The number of rotatable bonds is 5. The molecule has 0 unspecified atom stereocenters. The van der Waals surface area contributed by atoms with E-state index in [0.29, 0.717) is 6.42 Å². The van der Waals surface area contributed by atoms with Crippen molar-refractivity contribution in [1.82, 2.24) is 0 Å². The van der Waals surface area contributed by atoms with Crippen LogP contribution in [-0.2, 0) is 0 Å². The fourth-order valence-electron chi connectivity index (χ4n) is 2.23. The zero-order valence-corrected chi connectivity index (χ0v) is 15.0. The Hall–Kier alpha value is -3.42. The SMILES string of the molecule is CCC(C)(C)C(=O)c1cc(O)c(O)c(OC(=O)c2cc(O)c(O)c(O)c2)c1. The molecule has 0 spiro atoms. The lowest BCUT2D eigenvalue weighted by Crippen LogP contribution is -2.23. The summed E-state index contributed by atoms with van der Waals surface area (Å²) in [6.45, 7) is 5.25. The lowest BCUT2D eigenvalue weighted by Gasteiger charge is -2.21. The summed E-state index contributed by atoms with van der Waals surface area (Å²) in [5.74, 6) is -5.59. The van der Waals surface area contributed by atoms with Crippen LogP contribution < -0.4 is 4.74 Å². The Bertz CT molecular complexity index is 891. The second kappa shape index (κ2) is 7.06. The summed E-state index contributed by atoms with van der Waals surface area (Å²) in [6.07, 6.45) is 0.522. The van der Waals surface area contributed by atoms with E-state index >= 15 is 0 Å². The summed E-state index contributed by atoms with van der Waals surface area (Å²) in [5, 5.41) is 48.1. The van der Waals surface area contributed by atoms with Crippen LogP contribution in [0.2, 0.25) is 0 Å². The standard InChI is InChI=1S/C19H20O8/c1-4-19(2,3)17(25)9-5-13(22)16(24)14(8-9)27-18(26)10-6-11(20)15(23)12(21)7-10/h5-8,20-24H,4H2,1-3H3. The molecule has 144 valence electrons. The van der Waals surface area contributed by atoms with E-state index in [4.69, 9.17) is 4.74 Å². The molecule has 0 aliphatic heterocycles. The number of carbonyl (C=O) groups is 2. The maximum Gasteiger partial charge on any atom is 0.343 e. The molecule has 2 rings (SSSR count). The minimum absolute atomic E-state index is 0.0383. The summed E-state index contributed by atoms with van der Waals surface area (Å²) in [6, 6.07) is 3.89. The summed E-state index contributed by atoms with van der Waals surface area (Å²) in [7, 11) is 0. The molecule has 5 N–H and O–H groups in total. The number of Topliss-reactive ketones (excluding diaryl/α,β-unsaturated/α-hetero) is 1. The largest absolute Gasteiger partial charge is 0.504 e. The first-order valence-electron chi connectivity index (χ1n) is 8.05. The molecule has 2 aromatic carbocycles. The number of esters is 1. The summed E-state index contributed by atoms with van der Waals surface area (Å²) >= 11 is 0. The van der Waals surface area contributed by atoms with Gasteiger partial charge >= 0.3 is 5.97 Å². The van der Waals surface area contributed by atoms with E-state index in [1.165, 1.54) is 0 Å². The molecule has 0 saturated carbocycles. The second-order valence-corrected chi connectivity index (χ2v) is 6.66. The van der Waals surface area contributed by atoms with Gasteiger partial charge in [0.05, 0.1) is 5.56 Å².